The number of thiazole rings is 1. The first-order valence-corrected chi connectivity index (χ1v) is 9.77. The summed E-state index contributed by atoms with van der Waals surface area (Å²) < 4.78 is 1.45. The molecule has 0 spiro atoms. The summed E-state index contributed by atoms with van der Waals surface area (Å²) in [6.45, 7) is 9.23. The maximum Gasteiger partial charge on any atom is 0.307 e. The molecule has 28 heavy (non-hydrogen) atoms. The fraction of sp³-hybridized carbons (Fsp3) is 0.421. The van der Waals surface area contributed by atoms with Gasteiger partial charge in [0.1, 0.15) is 4.88 Å². The standard InChI is InChI=1S/C19H26N4O3S.ClH/c1-5-23(6-2)12-11-20-17(24)14-7-9-15(10-8-14)21-18(25)16-13(3)22(4)19(26)27-16;/h7-10H,5-6,11-12H2,1-4H3,(H,20,24)(H,21,25);1H. The zero-order chi connectivity index (χ0) is 20.0. The average Bonchev–Trinajstić information content (AvgIpc) is 2.93. The molecule has 0 saturated heterocycles. The van der Waals surface area contributed by atoms with Crippen molar-refractivity contribution < 1.29 is 9.59 Å². The molecule has 2 rings (SSSR count). The minimum Gasteiger partial charge on any atom is -0.351 e. The normalized spacial score (nSPS) is 10.5. The van der Waals surface area contributed by atoms with Crippen molar-refractivity contribution >= 4 is 41.2 Å². The average molecular weight is 427 g/mol. The molecule has 0 fully saturated rings. The van der Waals surface area contributed by atoms with Gasteiger partial charge in [0.05, 0.1) is 0 Å². The van der Waals surface area contributed by atoms with Crippen LogP contribution in [0.4, 0.5) is 5.69 Å². The van der Waals surface area contributed by atoms with Gasteiger partial charge < -0.3 is 20.1 Å². The number of nitrogens with zero attached hydrogens (tertiary/aromatic N) is 2. The highest BCUT2D eigenvalue weighted by Gasteiger charge is 2.16. The molecule has 0 bridgehead atoms. The molecule has 0 radical (unpaired) electrons. The summed E-state index contributed by atoms with van der Waals surface area (Å²) in [4.78, 5) is 38.6. The fourth-order valence-corrected chi connectivity index (χ4v) is 3.47. The van der Waals surface area contributed by atoms with Crippen LogP contribution < -0.4 is 15.5 Å². The highest BCUT2D eigenvalue weighted by molar-refractivity contribution is 7.11. The number of amides is 2. The van der Waals surface area contributed by atoms with Gasteiger partial charge in [-0.3, -0.25) is 14.4 Å². The van der Waals surface area contributed by atoms with Crippen LogP contribution in [0.2, 0.25) is 0 Å². The minimum absolute atomic E-state index is 0. The predicted molar refractivity (Wildman–Crippen MR) is 116 cm³/mol. The van der Waals surface area contributed by atoms with Crippen molar-refractivity contribution in [3.63, 3.8) is 0 Å². The first-order chi connectivity index (χ1) is 12.9. The number of halogens is 1. The van der Waals surface area contributed by atoms with Gasteiger partial charge in [0.15, 0.2) is 0 Å². The molecule has 0 aliphatic heterocycles. The number of benzene rings is 1. The van der Waals surface area contributed by atoms with E-state index in [4.69, 9.17) is 0 Å². The van der Waals surface area contributed by atoms with E-state index in [-0.39, 0.29) is 29.1 Å². The van der Waals surface area contributed by atoms with Gasteiger partial charge in [0.2, 0.25) is 0 Å². The van der Waals surface area contributed by atoms with E-state index in [0.29, 0.717) is 28.4 Å². The lowest BCUT2D eigenvalue weighted by Crippen LogP contribution is -2.34. The Morgan fingerprint density at radius 1 is 1.11 bits per heavy atom. The van der Waals surface area contributed by atoms with Gasteiger partial charge in [-0.05, 0) is 44.3 Å². The summed E-state index contributed by atoms with van der Waals surface area (Å²) in [7, 11) is 1.64. The Bertz CT molecular complexity index is 857. The predicted octanol–water partition coefficient (Wildman–Crippen LogP) is 2.50. The number of anilines is 1. The van der Waals surface area contributed by atoms with E-state index in [1.165, 1.54) is 4.57 Å². The smallest absolute Gasteiger partial charge is 0.307 e. The lowest BCUT2D eigenvalue weighted by atomic mass is 10.2. The second-order valence-corrected chi connectivity index (χ2v) is 7.12. The van der Waals surface area contributed by atoms with E-state index >= 15 is 0 Å². The molecular weight excluding hydrogens is 400 g/mol. The quantitative estimate of drug-likeness (QED) is 0.679. The monoisotopic (exact) mass is 426 g/mol. The van der Waals surface area contributed by atoms with Crippen molar-refractivity contribution in [3.05, 3.63) is 50.1 Å². The minimum atomic E-state index is -0.327. The van der Waals surface area contributed by atoms with Crippen molar-refractivity contribution in [3.8, 4) is 0 Å². The van der Waals surface area contributed by atoms with Crippen LogP contribution in [0.1, 0.15) is 39.6 Å². The number of likely N-dealkylation sites (N-methyl/N-ethyl adjacent to an activating group) is 1. The van der Waals surface area contributed by atoms with Crippen LogP contribution in [-0.4, -0.2) is 47.5 Å². The van der Waals surface area contributed by atoms with Crippen LogP contribution in [0.15, 0.2) is 29.1 Å². The number of aromatic nitrogens is 1. The molecule has 2 N–H and O–H groups in total. The van der Waals surface area contributed by atoms with E-state index in [1.807, 2.05) is 0 Å². The highest BCUT2D eigenvalue weighted by Crippen LogP contribution is 2.15. The van der Waals surface area contributed by atoms with E-state index in [9.17, 15) is 14.4 Å². The number of carbonyl (C=O) groups is 2. The summed E-state index contributed by atoms with van der Waals surface area (Å²) >= 11 is 0.919. The van der Waals surface area contributed by atoms with Crippen molar-refractivity contribution in [2.24, 2.45) is 7.05 Å². The molecule has 0 aliphatic rings. The molecule has 1 aromatic heterocycles. The molecule has 7 nitrogen and oxygen atoms in total. The summed E-state index contributed by atoms with van der Waals surface area (Å²) in [5, 5.41) is 5.66. The lowest BCUT2D eigenvalue weighted by Gasteiger charge is -2.17. The van der Waals surface area contributed by atoms with E-state index < -0.39 is 0 Å². The topological polar surface area (TPSA) is 83.4 Å². The Hall–Kier alpha value is -2.16. The zero-order valence-electron chi connectivity index (χ0n) is 16.6. The molecule has 0 atom stereocenters. The van der Waals surface area contributed by atoms with Crippen molar-refractivity contribution in [2.75, 3.05) is 31.5 Å². The number of hydrogen-bond donors (Lipinski definition) is 2. The van der Waals surface area contributed by atoms with E-state index in [2.05, 4.69) is 29.4 Å². The SMILES string of the molecule is CCN(CC)CCNC(=O)c1ccc(NC(=O)c2sc(=O)n(C)c2C)cc1.Cl. The third kappa shape index (κ3) is 5.92. The Labute approximate surface area is 175 Å². The van der Waals surface area contributed by atoms with Crippen LogP contribution in [0, 0.1) is 6.92 Å². The molecule has 0 saturated carbocycles. The first-order valence-electron chi connectivity index (χ1n) is 8.95. The lowest BCUT2D eigenvalue weighted by molar-refractivity contribution is 0.0948. The van der Waals surface area contributed by atoms with Crippen LogP contribution >= 0.6 is 23.7 Å². The van der Waals surface area contributed by atoms with Gasteiger partial charge in [-0.25, -0.2) is 0 Å². The number of nitrogens with one attached hydrogen (secondary N) is 2. The zero-order valence-corrected chi connectivity index (χ0v) is 18.2. The molecule has 2 amide bonds. The number of carbonyl (C=O) groups excluding carboxylic acids is 2. The Morgan fingerprint density at radius 2 is 1.71 bits per heavy atom. The van der Waals surface area contributed by atoms with Gasteiger partial charge in [-0.1, -0.05) is 25.2 Å². The van der Waals surface area contributed by atoms with E-state index in [0.717, 1.165) is 31.0 Å². The van der Waals surface area contributed by atoms with Gasteiger partial charge in [0.25, 0.3) is 11.8 Å². The van der Waals surface area contributed by atoms with Crippen LogP contribution in [0.25, 0.3) is 0 Å². The van der Waals surface area contributed by atoms with Crippen molar-refractivity contribution in [1.82, 2.24) is 14.8 Å². The third-order valence-corrected chi connectivity index (χ3v) is 5.65. The fourth-order valence-electron chi connectivity index (χ4n) is 2.59. The molecule has 0 unspecified atom stereocenters. The summed E-state index contributed by atoms with van der Waals surface area (Å²) in [5.41, 5.74) is 1.74. The molecular formula is C19H27ClN4O3S. The number of hydrogen-bond acceptors (Lipinski definition) is 5. The van der Waals surface area contributed by atoms with Gasteiger partial charge >= 0.3 is 4.87 Å². The summed E-state index contributed by atoms with van der Waals surface area (Å²) in [6.07, 6.45) is 0. The van der Waals surface area contributed by atoms with E-state index in [1.54, 1.807) is 38.2 Å². The highest BCUT2D eigenvalue weighted by atomic mass is 35.5. The molecule has 2 aromatic rings. The molecule has 9 heteroatoms. The van der Waals surface area contributed by atoms with Gasteiger partial charge in [0, 0.05) is 37.1 Å². The molecule has 1 aromatic carbocycles. The summed E-state index contributed by atoms with van der Waals surface area (Å²) in [5.74, 6) is -0.469. The largest absolute Gasteiger partial charge is 0.351 e. The van der Waals surface area contributed by atoms with Gasteiger partial charge in [-0.2, -0.15) is 0 Å². The van der Waals surface area contributed by atoms with Crippen LogP contribution in [0.3, 0.4) is 0 Å². The molecule has 1 heterocycles. The van der Waals surface area contributed by atoms with Crippen LogP contribution in [0.5, 0.6) is 0 Å². The van der Waals surface area contributed by atoms with Gasteiger partial charge in [-0.15, -0.1) is 12.4 Å². The van der Waals surface area contributed by atoms with Crippen molar-refractivity contribution in [2.45, 2.75) is 20.8 Å². The summed E-state index contributed by atoms with van der Waals surface area (Å²) in [6, 6.07) is 6.70. The Morgan fingerprint density at radius 3 is 2.21 bits per heavy atom. The number of rotatable bonds is 8. The molecule has 154 valence electrons. The second kappa shape index (κ2) is 11.0. The maximum atomic E-state index is 12.3. The Balaban J connectivity index is 0.00000392. The van der Waals surface area contributed by atoms with Crippen LogP contribution in [-0.2, 0) is 7.05 Å². The van der Waals surface area contributed by atoms with Crippen molar-refractivity contribution in [1.29, 1.82) is 0 Å². The first kappa shape index (κ1) is 23.9. The Kier molecular flexibility index (Phi) is 9.37. The molecule has 0 aliphatic carbocycles. The maximum absolute atomic E-state index is 12.3. The third-order valence-electron chi connectivity index (χ3n) is 4.51. The second-order valence-electron chi connectivity index (χ2n) is 6.16.